The summed E-state index contributed by atoms with van der Waals surface area (Å²) in [6.07, 6.45) is 6.64. The molecule has 0 spiro atoms. The fraction of sp³-hybridized carbons (Fsp3) is 0.316. The average molecular weight is 369 g/mol. The zero-order valence-corrected chi connectivity index (χ0v) is 16.2. The molecular formula is C19H24N6S. The molecular weight excluding hydrogens is 344 g/mol. The Morgan fingerprint density at radius 1 is 1.04 bits per heavy atom. The Morgan fingerprint density at radius 3 is 2.42 bits per heavy atom. The summed E-state index contributed by atoms with van der Waals surface area (Å²) in [6, 6.07) is 8.26. The van der Waals surface area contributed by atoms with Crippen molar-refractivity contribution in [2.45, 2.75) is 40.3 Å². The van der Waals surface area contributed by atoms with E-state index in [1.165, 1.54) is 16.8 Å². The first-order chi connectivity index (χ1) is 12.6. The maximum absolute atomic E-state index is 5.39. The number of thiocarbonyl (C=S) groups is 1. The van der Waals surface area contributed by atoms with Crippen molar-refractivity contribution in [2.24, 2.45) is 0 Å². The lowest BCUT2D eigenvalue weighted by atomic mass is 10.1. The Morgan fingerprint density at radius 2 is 1.77 bits per heavy atom. The van der Waals surface area contributed by atoms with Crippen LogP contribution >= 0.6 is 12.2 Å². The van der Waals surface area contributed by atoms with E-state index >= 15 is 0 Å². The van der Waals surface area contributed by atoms with E-state index in [0.29, 0.717) is 11.7 Å². The minimum atomic E-state index is 0.545. The van der Waals surface area contributed by atoms with Crippen LogP contribution in [0, 0.1) is 6.92 Å². The number of aryl methyl sites for hydroxylation is 2. The molecule has 7 heteroatoms. The SMILES string of the molecule is CCc1ccc(NC(=S)Nc2cnn(Cc3cnn(CC)c3C)c2)cc1. The number of hydrogen-bond acceptors (Lipinski definition) is 3. The van der Waals surface area contributed by atoms with Gasteiger partial charge in [-0.05, 0) is 50.2 Å². The van der Waals surface area contributed by atoms with Gasteiger partial charge in [-0.2, -0.15) is 10.2 Å². The molecule has 0 amide bonds. The van der Waals surface area contributed by atoms with Gasteiger partial charge in [0.05, 0.1) is 24.6 Å². The largest absolute Gasteiger partial charge is 0.332 e. The summed E-state index contributed by atoms with van der Waals surface area (Å²) < 4.78 is 3.87. The van der Waals surface area contributed by atoms with E-state index in [4.69, 9.17) is 12.2 Å². The minimum Gasteiger partial charge on any atom is -0.332 e. The van der Waals surface area contributed by atoms with Crippen LogP contribution in [0.5, 0.6) is 0 Å². The highest BCUT2D eigenvalue weighted by Crippen LogP contribution is 2.13. The van der Waals surface area contributed by atoms with Gasteiger partial charge in [-0.15, -0.1) is 0 Å². The number of nitrogens with zero attached hydrogens (tertiary/aromatic N) is 4. The maximum atomic E-state index is 5.39. The number of rotatable bonds is 6. The normalized spacial score (nSPS) is 10.7. The Labute approximate surface area is 159 Å². The molecule has 0 aliphatic carbocycles. The van der Waals surface area contributed by atoms with Crippen LogP contribution in [0.15, 0.2) is 42.9 Å². The number of nitrogens with one attached hydrogen (secondary N) is 2. The summed E-state index contributed by atoms with van der Waals surface area (Å²) in [6.45, 7) is 7.87. The molecule has 0 saturated heterocycles. The van der Waals surface area contributed by atoms with Crippen LogP contribution in [0.2, 0.25) is 0 Å². The molecule has 0 atom stereocenters. The van der Waals surface area contributed by atoms with Gasteiger partial charge in [-0.3, -0.25) is 9.36 Å². The Hall–Kier alpha value is -2.67. The molecule has 2 heterocycles. The molecule has 2 aromatic heterocycles. The Kier molecular flexibility index (Phi) is 5.68. The highest BCUT2D eigenvalue weighted by Gasteiger charge is 2.08. The van der Waals surface area contributed by atoms with Crippen LogP contribution in [0.1, 0.15) is 30.7 Å². The lowest BCUT2D eigenvalue weighted by Gasteiger charge is -2.09. The van der Waals surface area contributed by atoms with E-state index in [2.05, 4.69) is 53.7 Å². The fourth-order valence-electron chi connectivity index (χ4n) is 2.77. The van der Waals surface area contributed by atoms with E-state index < -0.39 is 0 Å². The van der Waals surface area contributed by atoms with Crippen LogP contribution in [0.4, 0.5) is 11.4 Å². The molecule has 6 nitrogen and oxygen atoms in total. The Bertz CT molecular complexity index is 878. The molecule has 136 valence electrons. The molecule has 0 radical (unpaired) electrons. The third-order valence-corrected chi connectivity index (χ3v) is 4.55. The summed E-state index contributed by atoms with van der Waals surface area (Å²) in [5, 5.41) is 15.7. The van der Waals surface area contributed by atoms with Gasteiger partial charge in [0.2, 0.25) is 0 Å². The molecule has 0 aliphatic rings. The van der Waals surface area contributed by atoms with Crippen molar-refractivity contribution in [1.29, 1.82) is 0 Å². The van der Waals surface area contributed by atoms with Gasteiger partial charge in [-0.25, -0.2) is 0 Å². The second-order valence-electron chi connectivity index (χ2n) is 6.13. The standard InChI is InChI=1S/C19H24N6S/c1-4-15-6-8-17(9-7-15)22-19(26)23-18-11-20-24(13-18)12-16-10-21-25(5-2)14(16)3/h6-11,13H,4-5,12H2,1-3H3,(H2,22,23,26). The number of aromatic nitrogens is 4. The van der Waals surface area contributed by atoms with Crippen molar-refractivity contribution in [3.05, 3.63) is 59.7 Å². The lowest BCUT2D eigenvalue weighted by molar-refractivity contribution is 0.633. The maximum Gasteiger partial charge on any atom is 0.175 e. The molecule has 0 fully saturated rings. The number of benzene rings is 1. The van der Waals surface area contributed by atoms with Crippen molar-refractivity contribution in [1.82, 2.24) is 19.6 Å². The van der Waals surface area contributed by atoms with Crippen LogP contribution in [-0.2, 0) is 19.5 Å². The van der Waals surface area contributed by atoms with Crippen LogP contribution in [0.3, 0.4) is 0 Å². The summed E-state index contributed by atoms with van der Waals surface area (Å²) in [5.74, 6) is 0. The van der Waals surface area contributed by atoms with Gasteiger partial charge >= 0.3 is 0 Å². The first kappa shape index (κ1) is 18.1. The first-order valence-electron chi connectivity index (χ1n) is 8.79. The van der Waals surface area contributed by atoms with Crippen molar-refractivity contribution < 1.29 is 0 Å². The van der Waals surface area contributed by atoms with Gasteiger partial charge in [0.1, 0.15) is 0 Å². The molecule has 0 unspecified atom stereocenters. The third kappa shape index (κ3) is 4.29. The van der Waals surface area contributed by atoms with Crippen molar-refractivity contribution in [2.75, 3.05) is 10.6 Å². The van der Waals surface area contributed by atoms with Gasteiger partial charge in [0.25, 0.3) is 0 Å². The van der Waals surface area contributed by atoms with Crippen LogP contribution < -0.4 is 10.6 Å². The van der Waals surface area contributed by atoms with Gasteiger partial charge in [0.15, 0.2) is 5.11 Å². The third-order valence-electron chi connectivity index (χ3n) is 4.35. The van der Waals surface area contributed by atoms with E-state index in [-0.39, 0.29) is 0 Å². The first-order valence-corrected chi connectivity index (χ1v) is 9.20. The molecule has 0 bridgehead atoms. The van der Waals surface area contributed by atoms with Gasteiger partial charge in [-0.1, -0.05) is 19.1 Å². The topological polar surface area (TPSA) is 59.7 Å². The molecule has 3 rings (SSSR count). The highest BCUT2D eigenvalue weighted by molar-refractivity contribution is 7.80. The monoisotopic (exact) mass is 368 g/mol. The van der Waals surface area contributed by atoms with Crippen LogP contribution in [0.25, 0.3) is 0 Å². The number of hydrogen-bond donors (Lipinski definition) is 2. The van der Waals surface area contributed by atoms with Crippen molar-refractivity contribution in [3.63, 3.8) is 0 Å². The van der Waals surface area contributed by atoms with E-state index in [9.17, 15) is 0 Å². The molecule has 3 aromatic rings. The van der Waals surface area contributed by atoms with Gasteiger partial charge < -0.3 is 10.6 Å². The summed E-state index contributed by atoms with van der Waals surface area (Å²) in [4.78, 5) is 0. The zero-order chi connectivity index (χ0) is 18.5. The van der Waals surface area contributed by atoms with Crippen molar-refractivity contribution >= 4 is 28.7 Å². The summed E-state index contributed by atoms with van der Waals surface area (Å²) >= 11 is 5.39. The Balaban J connectivity index is 1.58. The predicted octanol–water partition coefficient (Wildman–Crippen LogP) is 3.83. The second-order valence-corrected chi connectivity index (χ2v) is 6.54. The fourth-order valence-corrected chi connectivity index (χ4v) is 3.00. The minimum absolute atomic E-state index is 0.545. The quantitative estimate of drug-likeness (QED) is 0.648. The van der Waals surface area contributed by atoms with Crippen molar-refractivity contribution in [3.8, 4) is 0 Å². The van der Waals surface area contributed by atoms with Crippen LogP contribution in [-0.4, -0.2) is 24.7 Å². The number of anilines is 2. The van der Waals surface area contributed by atoms with E-state index in [1.807, 2.05) is 33.9 Å². The summed E-state index contributed by atoms with van der Waals surface area (Å²) in [7, 11) is 0. The average Bonchev–Trinajstić information content (AvgIpc) is 3.22. The summed E-state index contributed by atoms with van der Waals surface area (Å²) in [5.41, 5.74) is 5.46. The van der Waals surface area contributed by atoms with Gasteiger partial charge in [0, 0.05) is 29.7 Å². The second kappa shape index (κ2) is 8.14. The highest BCUT2D eigenvalue weighted by atomic mass is 32.1. The zero-order valence-electron chi connectivity index (χ0n) is 15.4. The molecule has 0 aliphatic heterocycles. The molecule has 1 aromatic carbocycles. The van der Waals surface area contributed by atoms with E-state index in [0.717, 1.165) is 24.3 Å². The lowest BCUT2D eigenvalue weighted by Crippen LogP contribution is -2.18. The predicted molar refractivity (Wildman–Crippen MR) is 110 cm³/mol. The molecule has 26 heavy (non-hydrogen) atoms. The molecule has 2 N–H and O–H groups in total. The molecule has 0 saturated carbocycles. The van der Waals surface area contributed by atoms with E-state index in [1.54, 1.807) is 6.20 Å². The smallest absolute Gasteiger partial charge is 0.175 e.